The molecule has 0 unspecified atom stereocenters. The lowest BCUT2D eigenvalue weighted by Gasteiger charge is -2.28. The summed E-state index contributed by atoms with van der Waals surface area (Å²) in [6.07, 6.45) is 0. The van der Waals surface area contributed by atoms with Crippen molar-refractivity contribution < 1.29 is 17.6 Å². The summed E-state index contributed by atoms with van der Waals surface area (Å²) in [5, 5.41) is 3.75. The number of thiophene rings is 1. The second-order valence-electron chi connectivity index (χ2n) is 9.60. The Bertz CT molecular complexity index is 1480. The summed E-state index contributed by atoms with van der Waals surface area (Å²) < 4.78 is 42.3. The summed E-state index contributed by atoms with van der Waals surface area (Å²) in [6.45, 7) is 6.38. The maximum Gasteiger partial charge on any atom is 0.243 e. The number of fused-ring (bicyclic) bond motifs is 1. The molecule has 0 fully saturated rings. The quantitative estimate of drug-likeness (QED) is 0.241. The van der Waals surface area contributed by atoms with Crippen LogP contribution in [0, 0.1) is 18.7 Å². The van der Waals surface area contributed by atoms with Crippen LogP contribution >= 0.6 is 11.3 Å². The number of benzene rings is 3. The van der Waals surface area contributed by atoms with E-state index in [1.807, 2.05) is 56.5 Å². The van der Waals surface area contributed by atoms with E-state index in [4.69, 9.17) is 0 Å². The minimum atomic E-state index is -3.93. The number of amides is 1. The van der Waals surface area contributed by atoms with Gasteiger partial charge in [0.2, 0.25) is 15.9 Å². The second kappa shape index (κ2) is 11.5. The number of nitrogens with zero attached hydrogens (tertiary/aromatic N) is 2. The van der Waals surface area contributed by atoms with Gasteiger partial charge in [0.1, 0.15) is 5.82 Å². The molecule has 0 saturated heterocycles. The topological polar surface area (TPSA) is 57.7 Å². The molecule has 0 atom stereocenters. The monoisotopic (exact) mass is 538 g/mol. The van der Waals surface area contributed by atoms with Crippen LogP contribution in [-0.4, -0.2) is 36.6 Å². The van der Waals surface area contributed by atoms with Gasteiger partial charge < -0.3 is 4.90 Å². The highest BCUT2D eigenvalue weighted by atomic mass is 32.2. The van der Waals surface area contributed by atoms with Gasteiger partial charge in [-0.1, -0.05) is 56.3 Å². The molecule has 0 saturated carbocycles. The molecule has 1 aromatic heterocycles. The Labute approximate surface area is 222 Å². The van der Waals surface area contributed by atoms with Crippen molar-refractivity contribution in [3.63, 3.8) is 0 Å². The fourth-order valence-corrected chi connectivity index (χ4v) is 6.67. The van der Waals surface area contributed by atoms with E-state index in [2.05, 4.69) is 0 Å². The van der Waals surface area contributed by atoms with Crippen molar-refractivity contribution in [3.05, 3.63) is 100.0 Å². The zero-order valence-corrected chi connectivity index (χ0v) is 22.9. The van der Waals surface area contributed by atoms with E-state index in [0.29, 0.717) is 6.54 Å². The SMILES string of the molecule is Cc1ccsc1CN(Cc1ccc(F)cc1)C(=O)CN(CC(C)C)S(=O)(=O)c1ccc2ccccc2c1. The van der Waals surface area contributed by atoms with E-state index in [0.717, 1.165) is 26.8 Å². The minimum Gasteiger partial charge on any atom is -0.332 e. The molecular weight excluding hydrogens is 507 g/mol. The van der Waals surface area contributed by atoms with Crippen LogP contribution in [-0.2, 0) is 27.9 Å². The van der Waals surface area contributed by atoms with E-state index in [9.17, 15) is 17.6 Å². The summed E-state index contributed by atoms with van der Waals surface area (Å²) in [5.41, 5.74) is 1.85. The highest BCUT2D eigenvalue weighted by Gasteiger charge is 2.29. The van der Waals surface area contributed by atoms with Crippen LogP contribution in [0.5, 0.6) is 0 Å². The van der Waals surface area contributed by atoms with Crippen molar-refractivity contribution in [2.45, 2.75) is 38.8 Å². The van der Waals surface area contributed by atoms with Gasteiger partial charge in [-0.2, -0.15) is 4.31 Å². The lowest BCUT2D eigenvalue weighted by molar-refractivity contribution is -0.132. The summed E-state index contributed by atoms with van der Waals surface area (Å²) in [6, 6.07) is 20.7. The number of sulfonamides is 1. The summed E-state index contributed by atoms with van der Waals surface area (Å²) in [7, 11) is -3.93. The first kappa shape index (κ1) is 27.0. The van der Waals surface area contributed by atoms with Gasteiger partial charge in [0, 0.05) is 18.0 Å². The van der Waals surface area contributed by atoms with Crippen molar-refractivity contribution in [2.75, 3.05) is 13.1 Å². The van der Waals surface area contributed by atoms with Crippen LogP contribution in [0.4, 0.5) is 4.39 Å². The molecule has 8 heteroatoms. The molecule has 0 radical (unpaired) electrons. The van der Waals surface area contributed by atoms with Gasteiger partial charge in [0.25, 0.3) is 0 Å². The van der Waals surface area contributed by atoms with Crippen LogP contribution in [0.2, 0.25) is 0 Å². The molecule has 0 aliphatic carbocycles. The number of carbonyl (C=O) groups excluding carboxylic acids is 1. The zero-order valence-electron chi connectivity index (χ0n) is 21.2. The number of rotatable bonds is 10. The van der Waals surface area contributed by atoms with Crippen molar-refractivity contribution >= 4 is 38.0 Å². The molecule has 0 aliphatic rings. The molecule has 37 heavy (non-hydrogen) atoms. The zero-order chi connectivity index (χ0) is 26.6. The smallest absolute Gasteiger partial charge is 0.243 e. The first-order valence-electron chi connectivity index (χ1n) is 12.2. The van der Waals surface area contributed by atoms with Crippen molar-refractivity contribution in [3.8, 4) is 0 Å². The van der Waals surface area contributed by atoms with Crippen molar-refractivity contribution in [1.82, 2.24) is 9.21 Å². The molecule has 194 valence electrons. The Morgan fingerprint density at radius 2 is 1.65 bits per heavy atom. The summed E-state index contributed by atoms with van der Waals surface area (Å²) in [4.78, 5) is 16.5. The fraction of sp³-hybridized carbons (Fsp3) is 0.276. The highest BCUT2D eigenvalue weighted by molar-refractivity contribution is 7.89. The Balaban J connectivity index is 1.63. The fourth-order valence-electron chi connectivity index (χ4n) is 4.16. The normalized spacial score (nSPS) is 11.9. The molecule has 0 spiro atoms. The van der Waals surface area contributed by atoms with Crippen LogP contribution in [0.1, 0.15) is 29.9 Å². The highest BCUT2D eigenvalue weighted by Crippen LogP contribution is 2.24. The molecule has 0 N–H and O–H groups in total. The average molecular weight is 539 g/mol. The molecule has 0 bridgehead atoms. The van der Waals surface area contributed by atoms with Gasteiger partial charge in [0.05, 0.1) is 18.0 Å². The van der Waals surface area contributed by atoms with Crippen LogP contribution in [0.3, 0.4) is 0 Å². The maximum atomic E-state index is 13.8. The molecule has 4 rings (SSSR count). The second-order valence-corrected chi connectivity index (χ2v) is 12.5. The van der Waals surface area contributed by atoms with E-state index in [1.165, 1.54) is 16.4 Å². The first-order valence-corrected chi connectivity index (χ1v) is 14.5. The van der Waals surface area contributed by atoms with Gasteiger partial charge in [-0.15, -0.1) is 11.3 Å². The van der Waals surface area contributed by atoms with E-state index < -0.39 is 10.0 Å². The third-order valence-electron chi connectivity index (χ3n) is 6.18. The first-order chi connectivity index (χ1) is 17.6. The number of hydrogen-bond acceptors (Lipinski definition) is 4. The average Bonchev–Trinajstić information content (AvgIpc) is 3.28. The van der Waals surface area contributed by atoms with Crippen LogP contribution in [0.15, 0.2) is 83.1 Å². The maximum absolute atomic E-state index is 13.8. The summed E-state index contributed by atoms with van der Waals surface area (Å²) >= 11 is 1.56. The van der Waals surface area contributed by atoms with Gasteiger partial charge in [-0.05, 0) is 70.5 Å². The summed E-state index contributed by atoms with van der Waals surface area (Å²) in [5.74, 6) is -0.629. The molecule has 5 nitrogen and oxygen atoms in total. The van der Waals surface area contributed by atoms with Gasteiger partial charge >= 0.3 is 0 Å². The third kappa shape index (κ3) is 6.63. The Kier molecular flexibility index (Phi) is 8.42. The van der Waals surface area contributed by atoms with Gasteiger partial charge in [0.15, 0.2) is 0 Å². The van der Waals surface area contributed by atoms with Gasteiger partial charge in [-0.25, -0.2) is 12.8 Å². The van der Waals surface area contributed by atoms with Crippen LogP contribution < -0.4 is 0 Å². The molecule has 4 aromatic rings. The minimum absolute atomic E-state index is 0.0214. The number of hydrogen-bond donors (Lipinski definition) is 0. The number of carbonyl (C=O) groups is 1. The standard InChI is InChI=1S/C29H31FN2O3S2/c1-21(2)17-32(37(34,35)27-13-10-24-6-4-5-7-25(24)16-27)20-29(33)31(19-28-22(3)14-15-36-28)18-23-8-11-26(30)12-9-23/h4-16,21H,17-20H2,1-3H3. The van der Waals surface area contributed by atoms with E-state index in [1.54, 1.807) is 46.6 Å². The molecule has 3 aromatic carbocycles. The lowest BCUT2D eigenvalue weighted by atomic mass is 10.1. The molecule has 1 amide bonds. The van der Waals surface area contributed by atoms with Crippen LogP contribution in [0.25, 0.3) is 10.8 Å². The lowest BCUT2D eigenvalue weighted by Crippen LogP contribution is -2.43. The molecular formula is C29H31FN2O3S2. The number of aryl methyl sites for hydroxylation is 1. The Hall–Kier alpha value is -3.07. The molecule has 1 heterocycles. The predicted octanol–water partition coefficient (Wildman–Crippen LogP) is 6.22. The van der Waals surface area contributed by atoms with Crippen molar-refractivity contribution in [1.29, 1.82) is 0 Å². The largest absolute Gasteiger partial charge is 0.332 e. The molecule has 0 aliphatic heterocycles. The third-order valence-corrected chi connectivity index (χ3v) is 9.00. The predicted molar refractivity (Wildman–Crippen MR) is 147 cm³/mol. The van der Waals surface area contributed by atoms with Crippen molar-refractivity contribution in [2.24, 2.45) is 5.92 Å². The van der Waals surface area contributed by atoms with E-state index in [-0.39, 0.29) is 42.2 Å². The van der Waals surface area contributed by atoms with Gasteiger partial charge in [-0.3, -0.25) is 4.79 Å². The van der Waals surface area contributed by atoms with E-state index >= 15 is 0 Å². The Morgan fingerprint density at radius 3 is 2.30 bits per heavy atom. The number of halogens is 1. The Morgan fingerprint density at radius 1 is 0.946 bits per heavy atom.